The maximum atomic E-state index is 12.6. The molecule has 1 aliphatic rings. The van der Waals surface area contributed by atoms with Gasteiger partial charge in [0.25, 0.3) is 0 Å². The number of carbonyl (C=O) groups is 1. The third-order valence-electron chi connectivity index (χ3n) is 3.77. The van der Waals surface area contributed by atoms with Crippen LogP contribution in [0.15, 0.2) is 65.1 Å². The van der Waals surface area contributed by atoms with Crippen molar-refractivity contribution in [1.29, 1.82) is 0 Å². The average molecular weight is 359 g/mol. The van der Waals surface area contributed by atoms with Crippen LogP contribution in [-0.4, -0.2) is 19.7 Å². The normalized spacial score (nSPS) is 20.5. The summed E-state index contributed by atoms with van der Waals surface area (Å²) >= 11 is 3.41. The summed E-state index contributed by atoms with van der Waals surface area (Å²) < 4.78 is 11.9. The van der Waals surface area contributed by atoms with Gasteiger partial charge in [-0.1, -0.05) is 64.5 Å². The molecule has 1 aliphatic heterocycles. The maximum absolute atomic E-state index is 12.6. The Bertz CT molecular complexity index is 707. The van der Waals surface area contributed by atoms with Crippen LogP contribution in [-0.2, 0) is 19.9 Å². The number of rotatable bonds is 3. The standard InChI is InChI=1S/C18H15BrO3/c1-21-17(20)18(14-7-9-15(19)10-8-14)16(11-12-22-18)13-5-3-2-4-6-13/h2-11H,12H2,1H3. The lowest BCUT2D eigenvalue weighted by atomic mass is 9.83. The molecule has 3 rings (SSSR count). The second-order valence-electron chi connectivity index (χ2n) is 4.97. The summed E-state index contributed by atoms with van der Waals surface area (Å²) in [7, 11) is 1.38. The molecule has 0 amide bonds. The quantitative estimate of drug-likeness (QED) is 0.779. The van der Waals surface area contributed by atoms with Crippen molar-refractivity contribution in [2.75, 3.05) is 13.7 Å². The predicted molar refractivity (Wildman–Crippen MR) is 88.2 cm³/mol. The molecule has 0 fully saturated rings. The van der Waals surface area contributed by atoms with Crippen molar-refractivity contribution in [3.63, 3.8) is 0 Å². The van der Waals surface area contributed by atoms with Crippen LogP contribution in [0.4, 0.5) is 0 Å². The molecule has 1 heterocycles. The number of benzene rings is 2. The first kappa shape index (κ1) is 15.0. The van der Waals surface area contributed by atoms with Crippen molar-refractivity contribution < 1.29 is 14.3 Å². The zero-order valence-corrected chi connectivity index (χ0v) is 13.7. The first-order valence-electron chi connectivity index (χ1n) is 6.93. The largest absolute Gasteiger partial charge is 0.466 e. The maximum Gasteiger partial charge on any atom is 0.347 e. The molecular weight excluding hydrogens is 344 g/mol. The van der Waals surface area contributed by atoms with E-state index in [1.165, 1.54) is 7.11 Å². The molecule has 0 aromatic heterocycles. The molecule has 4 heteroatoms. The van der Waals surface area contributed by atoms with E-state index in [0.717, 1.165) is 21.2 Å². The third-order valence-corrected chi connectivity index (χ3v) is 4.30. The fraction of sp³-hybridized carbons (Fsp3) is 0.167. The molecule has 0 aliphatic carbocycles. The first-order valence-corrected chi connectivity index (χ1v) is 7.72. The molecule has 3 nitrogen and oxygen atoms in total. The van der Waals surface area contributed by atoms with Crippen molar-refractivity contribution in [1.82, 2.24) is 0 Å². The number of halogens is 1. The molecule has 0 N–H and O–H groups in total. The van der Waals surface area contributed by atoms with Crippen molar-refractivity contribution in [2.24, 2.45) is 0 Å². The molecule has 0 radical (unpaired) electrons. The molecule has 0 bridgehead atoms. The zero-order chi connectivity index (χ0) is 15.6. The van der Waals surface area contributed by atoms with E-state index in [4.69, 9.17) is 9.47 Å². The van der Waals surface area contributed by atoms with Gasteiger partial charge in [-0.15, -0.1) is 0 Å². The topological polar surface area (TPSA) is 35.5 Å². The van der Waals surface area contributed by atoms with Gasteiger partial charge in [0.05, 0.1) is 13.7 Å². The summed E-state index contributed by atoms with van der Waals surface area (Å²) in [4.78, 5) is 12.6. The Hall–Kier alpha value is -1.91. The molecular formula is C18H15BrO3. The minimum Gasteiger partial charge on any atom is -0.466 e. The highest BCUT2D eigenvalue weighted by Crippen LogP contribution is 2.44. The molecule has 0 saturated carbocycles. The zero-order valence-electron chi connectivity index (χ0n) is 12.1. The third kappa shape index (κ3) is 2.38. The van der Waals surface area contributed by atoms with Gasteiger partial charge >= 0.3 is 5.97 Å². The summed E-state index contributed by atoms with van der Waals surface area (Å²) in [5.41, 5.74) is 1.32. The lowest BCUT2D eigenvalue weighted by Crippen LogP contribution is -2.38. The summed E-state index contributed by atoms with van der Waals surface area (Å²) in [5.74, 6) is -0.414. The van der Waals surface area contributed by atoms with Crippen LogP contribution in [0.5, 0.6) is 0 Å². The monoisotopic (exact) mass is 358 g/mol. The number of methoxy groups -OCH3 is 1. The van der Waals surface area contributed by atoms with Crippen molar-refractivity contribution in [3.8, 4) is 0 Å². The van der Waals surface area contributed by atoms with E-state index < -0.39 is 11.6 Å². The Morgan fingerprint density at radius 3 is 2.45 bits per heavy atom. The van der Waals surface area contributed by atoms with E-state index >= 15 is 0 Å². The van der Waals surface area contributed by atoms with Gasteiger partial charge in [-0.05, 0) is 23.3 Å². The predicted octanol–water partition coefficient (Wildman–Crippen LogP) is 3.93. The van der Waals surface area contributed by atoms with Gasteiger partial charge in [-0.3, -0.25) is 0 Å². The van der Waals surface area contributed by atoms with E-state index in [-0.39, 0.29) is 0 Å². The van der Waals surface area contributed by atoms with Crippen molar-refractivity contribution in [2.45, 2.75) is 5.60 Å². The smallest absolute Gasteiger partial charge is 0.347 e. The van der Waals surface area contributed by atoms with Crippen LogP contribution in [0, 0.1) is 0 Å². The lowest BCUT2D eigenvalue weighted by molar-refractivity contribution is -0.160. The fourth-order valence-electron chi connectivity index (χ4n) is 2.76. The highest BCUT2D eigenvalue weighted by Gasteiger charge is 2.49. The molecule has 22 heavy (non-hydrogen) atoms. The van der Waals surface area contributed by atoms with Crippen LogP contribution in [0.25, 0.3) is 5.57 Å². The highest BCUT2D eigenvalue weighted by atomic mass is 79.9. The first-order chi connectivity index (χ1) is 10.7. The molecule has 2 aromatic carbocycles. The van der Waals surface area contributed by atoms with Gasteiger partial charge in [-0.2, -0.15) is 0 Å². The molecule has 2 aromatic rings. The Morgan fingerprint density at radius 1 is 1.14 bits per heavy atom. The van der Waals surface area contributed by atoms with Gasteiger partial charge in [0, 0.05) is 10.0 Å². The summed E-state index contributed by atoms with van der Waals surface area (Å²) in [6.07, 6.45) is 1.94. The lowest BCUT2D eigenvalue weighted by Gasteiger charge is -2.29. The average Bonchev–Trinajstić information content (AvgIpc) is 3.01. The molecule has 1 atom stereocenters. The molecule has 112 valence electrons. The van der Waals surface area contributed by atoms with E-state index in [1.54, 1.807) is 0 Å². The summed E-state index contributed by atoms with van der Waals surface area (Å²) in [6, 6.07) is 17.3. The fourth-order valence-corrected chi connectivity index (χ4v) is 3.03. The number of hydrogen-bond donors (Lipinski definition) is 0. The van der Waals surface area contributed by atoms with E-state index in [0.29, 0.717) is 6.61 Å². The van der Waals surface area contributed by atoms with Gasteiger partial charge < -0.3 is 9.47 Å². The van der Waals surface area contributed by atoms with E-state index in [2.05, 4.69) is 15.9 Å². The number of ether oxygens (including phenoxy) is 2. The Balaban J connectivity index is 2.17. The second-order valence-corrected chi connectivity index (χ2v) is 5.89. The van der Waals surface area contributed by atoms with Crippen molar-refractivity contribution in [3.05, 3.63) is 76.3 Å². The molecule has 1 unspecified atom stereocenters. The minimum absolute atomic E-state index is 0.370. The van der Waals surface area contributed by atoms with Gasteiger partial charge in [0.1, 0.15) is 0 Å². The summed E-state index contributed by atoms with van der Waals surface area (Å²) in [6.45, 7) is 0.370. The van der Waals surface area contributed by atoms with E-state index in [1.807, 2.05) is 60.7 Å². The Kier molecular flexibility index (Phi) is 4.14. The van der Waals surface area contributed by atoms with Crippen LogP contribution >= 0.6 is 15.9 Å². The highest BCUT2D eigenvalue weighted by molar-refractivity contribution is 9.10. The Morgan fingerprint density at radius 2 is 1.82 bits per heavy atom. The number of esters is 1. The van der Waals surface area contributed by atoms with Gasteiger partial charge in [0.2, 0.25) is 5.60 Å². The van der Waals surface area contributed by atoms with Crippen molar-refractivity contribution >= 4 is 27.5 Å². The second kappa shape index (κ2) is 6.07. The van der Waals surface area contributed by atoms with Crippen LogP contribution in [0.1, 0.15) is 11.1 Å². The molecule has 0 saturated heterocycles. The van der Waals surface area contributed by atoms with Crippen LogP contribution in [0.3, 0.4) is 0 Å². The summed E-state index contributed by atoms with van der Waals surface area (Å²) in [5, 5.41) is 0. The number of hydrogen-bond acceptors (Lipinski definition) is 3. The minimum atomic E-state index is -1.21. The van der Waals surface area contributed by atoms with Gasteiger partial charge in [0.15, 0.2) is 0 Å². The molecule has 0 spiro atoms. The van der Waals surface area contributed by atoms with Crippen LogP contribution in [0.2, 0.25) is 0 Å². The number of carbonyl (C=O) groups excluding carboxylic acids is 1. The van der Waals surface area contributed by atoms with Crippen LogP contribution < -0.4 is 0 Å². The van der Waals surface area contributed by atoms with E-state index in [9.17, 15) is 4.79 Å². The Labute approximate surface area is 137 Å². The SMILES string of the molecule is COC(=O)C1(c2ccc(Br)cc2)OCC=C1c1ccccc1. The van der Waals surface area contributed by atoms with Gasteiger partial charge in [-0.25, -0.2) is 4.79 Å².